The topological polar surface area (TPSA) is 52.3 Å². The molecule has 0 bridgehead atoms. The van der Waals surface area contributed by atoms with Gasteiger partial charge in [0.2, 0.25) is 0 Å². The zero-order valence-corrected chi connectivity index (χ0v) is 7.82. The van der Waals surface area contributed by atoms with Gasteiger partial charge in [0, 0.05) is 0 Å². The van der Waals surface area contributed by atoms with Crippen molar-refractivity contribution in [2.45, 2.75) is 19.4 Å². The first-order valence-corrected chi connectivity index (χ1v) is 5.03. The smallest absolute Gasteiger partial charge is 0.322 e. The zero-order chi connectivity index (χ0) is 8.69. The number of nitrogens with two attached hydrogens (primary N) is 1. The molecule has 11 heavy (non-hydrogen) atoms. The van der Waals surface area contributed by atoms with E-state index in [2.05, 4.69) is 0 Å². The normalized spacial score (nSPS) is 12.6. The fourth-order valence-electron chi connectivity index (χ4n) is 0.612. The Bertz CT molecular complexity index is 119. The average molecular weight is 177 g/mol. The first-order chi connectivity index (χ1) is 5.22. The number of rotatable bonds is 5. The number of esters is 1. The maximum absolute atomic E-state index is 10.9. The maximum Gasteiger partial charge on any atom is 0.322 e. The van der Waals surface area contributed by atoms with Crippen molar-refractivity contribution in [2.75, 3.05) is 18.6 Å². The van der Waals surface area contributed by atoms with Crippen LogP contribution in [0.15, 0.2) is 0 Å². The van der Waals surface area contributed by atoms with Crippen LogP contribution < -0.4 is 5.73 Å². The van der Waals surface area contributed by atoms with Crippen molar-refractivity contribution in [2.24, 2.45) is 5.73 Å². The first kappa shape index (κ1) is 10.8. The Balaban J connectivity index is 3.46. The maximum atomic E-state index is 10.9. The second-order valence-corrected chi connectivity index (χ2v) is 3.13. The van der Waals surface area contributed by atoms with Crippen molar-refractivity contribution >= 4 is 17.7 Å². The van der Waals surface area contributed by atoms with E-state index in [-0.39, 0.29) is 5.97 Å². The van der Waals surface area contributed by atoms with E-state index >= 15 is 0 Å². The van der Waals surface area contributed by atoms with Crippen molar-refractivity contribution in [3.63, 3.8) is 0 Å². The van der Waals surface area contributed by atoms with E-state index in [4.69, 9.17) is 10.5 Å². The van der Waals surface area contributed by atoms with Gasteiger partial charge in [0.15, 0.2) is 0 Å². The Hall–Kier alpha value is -0.220. The minimum atomic E-state index is -0.442. The Morgan fingerprint density at radius 3 is 2.82 bits per heavy atom. The molecular formula is C7H15NO2S. The summed E-state index contributed by atoms with van der Waals surface area (Å²) in [5, 5.41) is 0. The molecule has 0 rings (SSSR count). The van der Waals surface area contributed by atoms with Gasteiger partial charge in [-0.1, -0.05) is 0 Å². The molecule has 2 N–H and O–H groups in total. The Kier molecular flexibility index (Phi) is 6.36. The number of thioether (sulfide) groups is 1. The van der Waals surface area contributed by atoms with E-state index in [0.717, 1.165) is 5.75 Å². The lowest BCUT2D eigenvalue weighted by atomic mass is 10.2. The molecule has 0 radical (unpaired) electrons. The fourth-order valence-corrected chi connectivity index (χ4v) is 1.10. The van der Waals surface area contributed by atoms with Crippen LogP contribution in [0.25, 0.3) is 0 Å². The molecule has 0 spiro atoms. The standard InChI is InChI=1S/C7H15NO2S/c1-3-10-7(9)6(8)4-5-11-2/h6H,3-5,8H2,1-2H3/t6-/m1/s1. The van der Waals surface area contributed by atoms with Crippen LogP contribution in [0.4, 0.5) is 0 Å². The lowest BCUT2D eigenvalue weighted by Crippen LogP contribution is -2.32. The highest BCUT2D eigenvalue weighted by molar-refractivity contribution is 7.98. The van der Waals surface area contributed by atoms with Crippen molar-refractivity contribution in [1.82, 2.24) is 0 Å². The summed E-state index contributed by atoms with van der Waals surface area (Å²) < 4.78 is 4.73. The molecule has 0 aliphatic carbocycles. The van der Waals surface area contributed by atoms with Crippen molar-refractivity contribution in [3.8, 4) is 0 Å². The molecule has 0 aliphatic rings. The summed E-state index contributed by atoms with van der Waals surface area (Å²) >= 11 is 1.68. The van der Waals surface area contributed by atoms with Gasteiger partial charge in [0.1, 0.15) is 6.04 Å². The minimum Gasteiger partial charge on any atom is -0.465 e. The Morgan fingerprint density at radius 1 is 1.73 bits per heavy atom. The van der Waals surface area contributed by atoms with Crippen LogP contribution >= 0.6 is 11.8 Å². The molecule has 0 aromatic rings. The monoisotopic (exact) mass is 177 g/mol. The summed E-state index contributed by atoms with van der Waals surface area (Å²) in [5.41, 5.74) is 5.50. The lowest BCUT2D eigenvalue weighted by Gasteiger charge is -2.08. The Labute approximate surface area is 71.7 Å². The van der Waals surface area contributed by atoms with Crippen LogP contribution in [0.1, 0.15) is 13.3 Å². The molecule has 0 aromatic carbocycles. The molecule has 0 saturated carbocycles. The van der Waals surface area contributed by atoms with Crippen LogP contribution in [0.3, 0.4) is 0 Å². The molecule has 0 heterocycles. The number of ether oxygens (including phenoxy) is 1. The van der Waals surface area contributed by atoms with E-state index in [1.54, 1.807) is 18.7 Å². The zero-order valence-electron chi connectivity index (χ0n) is 7.00. The molecule has 0 unspecified atom stereocenters. The predicted octanol–water partition coefficient (Wildman–Crippen LogP) is 0.630. The van der Waals surface area contributed by atoms with Gasteiger partial charge in [-0.2, -0.15) is 11.8 Å². The van der Waals surface area contributed by atoms with Crippen molar-refractivity contribution in [1.29, 1.82) is 0 Å². The van der Waals surface area contributed by atoms with Crippen LogP contribution in [0.5, 0.6) is 0 Å². The SMILES string of the molecule is CCOC(=O)[C@H](N)CCSC. The molecule has 1 atom stereocenters. The third-order valence-electron chi connectivity index (χ3n) is 1.22. The molecule has 4 heteroatoms. The minimum absolute atomic E-state index is 0.290. The van der Waals surface area contributed by atoms with Crippen LogP contribution in [0.2, 0.25) is 0 Å². The van der Waals surface area contributed by atoms with Gasteiger partial charge in [-0.3, -0.25) is 4.79 Å². The quantitative estimate of drug-likeness (QED) is 0.626. The number of hydrogen-bond donors (Lipinski definition) is 1. The fraction of sp³-hybridized carbons (Fsp3) is 0.857. The van der Waals surface area contributed by atoms with E-state index < -0.39 is 6.04 Å². The molecule has 0 aliphatic heterocycles. The second kappa shape index (κ2) is 6.49. The molecule has 3 nitrogen and oxygen atoms in total. The van der Waals surface area contributed by atoms with Crippen LogP contribution in [-0.2, 0) is 9.53 Å². The summed E-state index contributed by atoms with van der Waals surface area (Å²) in [7, 11) is 0. The highest BCUT2D eigenvalue weighted by atomic mass is 32.2. The van der Waals surface area contributed by atoms with Crippen LogP contribution in [0, 0.1) is 0 Å². The van der Waals surface area contributed by atoms with Gasteiger partial charge in [0.25, 0.3) is 0 Å². The van der Waals surface area contributed by atoms with Crippen molar-refractivity contribution in [3.05, 3.63) is 0 Å². The number of carbonyl (C=O) groups excluding carboxylic acids is 1. The summed E-state index contributed by atoms with van der Waals surface area (Å²) in [4.78, 5) is 10.9. The second-order valence-electron chi connectivity index (χ2n) is 2.14. The molecule has 0 saturated heterocycles. The molecule has 0 aromatic heterocycles. The van der Waals surface area contributed by atoms with Gasteiger partial charge in [0.05, 0.1) is 6.61 Å². The summed E-state index contributed by atoms with van der Waals surface area (Å²) in [5.74, 6) is 0.613. The molecule has 66 valence electrons. The van der Waals surface area contributed by atoms with Gasteiger partial charge in [-0.25, -0.2) is 0 Å². The van der Waals surface area contributed by atoms with Gasteiger partial charge < -0.3 is 10.5 Å². The lowest BCUT2D eigenvalue weighted by molar-refractivity contribution is -0.144. The van der Waals surface area contributed by atoms with Gasteiger partial charge in [-0.05, 0) is 25.4 Å². The largest absolute Gasteiger partial charge is 0.465 e. The van der Waals surface area contributed by atoms with Gasteiger partial charge >= 0.3 is 5.97 Å². The van der Waals surface area contributed by atoms with Gasteiger partial charge in [-0.15, -0.1) is 0 Å². The third kappa shape index (κ3) is 5.09. The average Bonchev–Trinajstić information content (AvgIpc) is 2.00. The highest BCUT2D eigenvalue weighted by Crippen LogP contribution is 1.99. The number of hydrogen-bond acceptors (Lipinski definition) is 4. The first-order valence-electron chi connectivity index (χ1n) is 3.63. The van der Waals surface area contributed by atoms with E-state index in [9.17, 15) is 4.79 Å². The predicted molar refractivity (Wildman–Crippen MR) is 47.6 cm³/mol. The third-order valence-corrected chi connectivity index (χ3v) is 1.87. The number of carbonyl (C=O) groups is 1. The molecule has 0 fully saturated rings. The molecule has 0 amide bonds. The highest BCUT2D eigenvalue weighted by Gasteiger charge is 2.12. The summed E-state index contributed by atoms with van der Waals surface area (Å²) in [6, 6.07) is -0.442. The summed E-state index contributed by atoms with van der Waals surface area (Å²) in [6.45, 7) is 2.19. The van der Waals surface area contributed by atoms with E-state index in [0.29, 0.717) is 13.0 Å². The van der Waals surface area contributed by atoms with E-state index in [1.807, 2.05) is 6.26 Å². The summed E-state index contributed by atoms with van der Waals surface area (Å²) in [6.07, 6.45) is 2.68. The molecular weight excluding hydrogens is 162 g/mol. The van der Waals surface area contributed by atoms with Crippen LogP contribution in [-0.4, -0.2) is 30.6 Å². The van der Waals surface area contributed by atoms with E-state index in [1.165, 1.54) is 0 Å². The Morgan fingerprint density at radius 2 is 2.36 bits per heavy atom. The van der Waals surface area contributed by atoms with Crippen molar-refractivity contribution < 1.29 is 9.53 Å².